The molecule has 0 aromatic heterocycles. The van der Waals surface area contributed by atoms with Gasteiger partial charge in [-0.3, -0.25) is 0 Å². The summed E-state index contributed by atoms with van der Waals surface area (Å²) in [6, 6.07) is 4.26. The summed E-state index contributed by atoms with van der Waals surface area (Å²) in [4.78, 5) is 0. The molecule has 0 N–H and O–H groups in total. The lowest BCUT2D eigenvalue weighted by Gasteiger charge is -2.38. The van der Waals surface area contributed by atoms with E-state index in [0.717, 1.165) is 42.2 Å². The highest BCUT2D eigenvalue weighted by atomic mass is 28.1. The second-order valence-electron chi connectivity index (χ2n) is 7.71. The van der Waals surface area contributed by atoms with Crippen LogP contribution in [-0.4, -0.2) is 10.2 Å². The van der Waals surface area contributed by atoms with Crippen LogP contribution in [-0.2, 0) is 0 Å². The zero-order valence-corrected chi connectivity index (χ0v) is 15.1. The van der Waals surface area contributed by atoms with Crippen molar-refractivity contribution in [1.82, 2.24) is 0 Å². The first kappa shape index (κ1) is 17.1. The van der Waals surface area contributed by atoms with E-state index in [1.807, 2.05) is 0 Å². The molecule has 0 atom stereocenters. The minimum atomic E-state index is -0.393. The number of rotatable bonds is 3. The largest absolute Gasteiger partial charge is 0.207 e. The van der Waals surface area contributed by atoms with Gasteiger partial charge in [0.25, 0.3) is 0 Å². The van der Waals surface area contributed by atoms with Gasteiger partial charge in [-0.2, -0.15) is 0 Å². The molecular formula is C20H27F2Si. The van der Waals surface area contributed by atoms with E-state index in [-0.39, 0.29) is 5.56 Å². The summed E-state index contributed by atoms with van der Waals surface area (Å²) in [5.74, 6) is 2.15. The van der Waals surface area contributed by atoms with E-state index >= 15 is 0 Å². The van der Waals surface area contributed by atoms with Crippen molar-refractivity contribution in [1.29, 1.82) is 0 Å². The van der Waals surface area contributed by atoms with Gasteiger partial charge in [0, 0.05) is 15.8 Å². The Balaban J connectivity index is 1.56. The maximum Gasteiger partial charge on any atom is 0.129 e. The molecule has 3 heteroatoms. The third-order valence-electron chi connectivity index (χ3n) is 6.39. The first-order chi connectivity index (χ1) is 11.1. The third kappa shape index (κ3) is 3.87. The Hall–Kier alpha value is -0.703. The molecule has 23 heavy (non-hydrogen) atoms. The molecule has 2 aliphatic carbocycles. The Morgan fingerprint density at radius 1 is 0.870 bits per heavy atom. The summed E-state index contributed by atoms with van der Waals surface area (Å²) in [5, 5.41) is 0. The van der Waals surface area contributed by atoms with Crippen molar-refractivity contribution in [3.63, 3.8) is 0 Å². The fraction of sp³-hybridized carbons (Fsp3) is 0.700. The average Bonchev–Trinajstić information content (AvgIpc) is 2.59. The molecule has 0 amide bonds. The standard InChI is InChI=1S/C20H27F2Si/c1-13-19(21)10-18(11-20(13)22)17-8-6-16(7-9-17)15-4-2-14(12-23)3-5-15/h10-11,14-17H,2-9,12H2,1H3. The topological polar surface area (TPSA) is 0 Å². The second-order valence-corrected chi connectivity index (χ2v) is 8.11. The molecule has 0 spiro atoms. The zero-order valence-electron chi connectivity index (χ0n) is 14.1. The normalized spacial score (nSPS) is 32.0. The van der Waals surface area contributed by atoms with E-state index in [9.17, 15) is 8.78 Å². The molecule has 2 saturated carbocycles. The summed E-state index contributed by atoms with van der Waals surface area (Å²) in [7, 11) is 3.66. The zero-order chi connectivity index (χ0) is 16.4. The van der Waals surface area contributed by atoms with Crippen molar-refractivity contribution in [3.05, 3.63) is 34.9 Å². The highest BCUT2D eigenvalue weighted by molar-refractivity contribution is 6.08. The van der Waals surface area contributed by atoms with Crippen LogP contribution in [0.15, 0.2) is 12.1 Å². The van der Waals surface area contributed by atoms with Gasteiger partial charge >= 0.3 is 0 Å². The summed E-state index contributed by atoms with van der Waals surface area (Å²) >= 11 is 0. The van der Waals surface area contributed by atoms with Gasteiger partial charge in [-0.05, 0) is 86.8 Å². The molecule has 0 saturated heterocycles. The highest BCUT2D eigenvalue weighted by Crippen LogP contribution is 2.44. The molecule has 0 bridgehead atoms. The molecule has 3 radical (unpaired) electrons. The Morgan fingerprint density at radius 3 is 1.83 bits per heavy atom. The third-order valence-corrected chi connectivity index (χ3v) is 6.97. The van der Waals surface area contributed by atoms with E-state index in [0.29, 0.717) is 5.92 Å². The van der Waals surface area contributed by atoms with E-state index < -0.39 is 11.6 Å². The van der Waals surface area contributed by atoms with Gasteiger partial charge in [-0.25, -0.2) is 8.78 Å². The van der Waals surface area contributed by atoms with Crippen molar-refractivity contribution in [2.75, 3.05) is 0 Å². The van der Waals surface area contributed by atoms with Crippen LogP contribution in [0.3, 0.4) is 0 Å². The number of hydrogen-bond donors (Lipinski definition) is 0. The maximum absolute atomic E-state index is 13.8. The minimum Gasteiger partial charge on any atom is -0.207 e. The maximum atomic E-state index is 13.8. The Kier molecular flexibility index (Phi) is 5.56. The molecule has 1 aromatic carbocycles. The van der Waals surface area contributed by atoms with Crippen LogP contribution < -0.4 is 0 Å². The molecule has 2 fully saturated rings. The Labute approximate surface area is 142 Å². The van der Waals surface area contributed by atoms with Crippen molar-refractivity contribution < 1.29 is 8.78 Å². The predicted molar refractivity (Wildman–Crippen MR) is 91.8 cm³/mol. The van der Waals surface area contributed by atoms with E-state index in [1.165, 1.54) is 45.4 Å². The average molecular weight is 334 g/mol. The van der Waals surface area contributed by atoms with Gasteiger partial charge in [0.1, 0.15) is 11.6 Å². The van der Waals surface area contributed by atoms with E-state index in [2.05, 4.69) is 10.2 Å². The molecule has 0 nitrogen and oxygen atoms in total. The van der Waals surface area contributed by atoms with Crippen molar-refractivity contribution in [2.45, 2.75) is 70.3 Å². The fourth-order valence-corrected chi connectivity index (χ4v) is 5.10. The van der Waals surface area contributed by atoms with Crippen LogP contribution in [0.2, 0.25) is 6.04 Å². The highest BCUT2D eigenvalue weighted by Gasteiger charge is 2.31. The van der Waals surface area contributed by atoms with Crippen molar-refractivity contribution >= 4 is 10.2 Å². The first-order valence-corrected chi connectivity index (χ1v) is 9.89. The van der Waals surface area contributed by atoms with Crippen LogP contribution >= 0.6 is 0 Å². The van der Waals surface area contributed by atoms with Crippen LogP contribution in [0.1, 0.15) is 68.4 Å². The second kappa shape index (κ2) is 7.46. The summed E-state index contributed by atoms with van der Waals surface area (Å²) in [6.07, 6.45) is 10.1. The van der Waals surface area contributed by atoms with E-state index in [1.54, 1.807) is 12.1 Å². The van der Waals surface area contributed by atoms with Gasteiger partial charge in [0.05, 0.1) is 0 Å². The molecule has 0 heterocycles. The van der Waals surface area contributed by atoms with Gasteiger partial charge < -0.3 is 0 Å². The van der Waals surface area contributed by atoms with Gasteiger partial charge in [0.2, 0.25) is 0 Å². The quantitative estimate of drug-likeness (QED) is 0.600. The number of halogens is 2. The molecule has 2 aliphatic rings. The number of hydrogen-bond acceptors (Lipinski definition) is 0. The SMILES string of the molecule is Cc1c(F)cc(C2CCC(C3CCC(C[Si])CC3)CC2)cc1F. The molecular weight excluding hydrogens is 306 g/mol. The van der Waals surface area contributed by atoms with Crippen LogP contribution in [0.5, 0.6) is 0 Å². The lowest BCUT2D eigenvalue weighted by atomic mass is 9.68. The lowest BCUT2D eigenvalue weighted by molar-refractivity contribution is 0.165. The Bertz CT molecular complexity index is 503. The van der Waals surface area contributed by atoms with Crippen molar-refractivity contribution in [2.24, 2.45) is 17.8 Å². The molecule has 125 valence electrons. The smallest absolute Gasteiger partial charge is 0.129 e. The monoisotopic (exact) mass is 333 g/mol. The van der Waals surface area contributed by atoms with Crippen molar-refractivity contribution in [3.8, 4) is 0 Å². The molecule has 0 aliphatic heterocycles. The summed E-state index contributed by atoms with van der Waals surface area (Å²) in [6.45, 7) is 1.51. The molecule has 1 aromatic rings. The number of benzene rings is 1. The summed E-state index contributed by atoms with van der Waals surface area (Å²) < 4.78 is 27.6. The summed E-state index contributed by atoms with van der Waals surface area (Å²) in [5.41, 5.74) is 1.01. The van der Waals surface area contributed by atoms with E-state index in [4.69, 9.17) is 0 Å². The molecule has 3 rings (SSSR count). The van der Waals surface area contributed by atoms with Gasteiger partial charge in [-0.1, -0.05) is 18.9 Å². The van der Waals surface area contributed by atoms with Crippen LogP contribution in [0, 0.1) is 36.3 Å². The van der Waals surface area contributed by atoms with Gasteiger partial charge in [0.15, 0.2) is 0 Å². The lowest BCUT2D eigenvalue weighted by Crippen LogP contribution is -2.25. The minimum absolute atomic E-state index is 0.144. The van der Waals surface area contributed by atoms with Gasteiger partial charge in [-0.15, -0.1) is 0 Å². The fourth-order valence-electron chi connectivity index (χ4n) is 4.69. The van der Waals surface area contributed by atoms with Crippen LogP contribution in [0.4, 0.5) is 8.78 Å². The first-order valence-electron chi connectivity index (χ1n) is 9.18. The predicted octanol–water partition coefficient (Wildman–Crippen LogP) is 5.94. The Morgan fingerprint density at radius 2 is 1.35 bits per heavy atom. The molecule has 0 unspecified atom stereocenters. The van der Waals surface area contributed by atoms with Crippen LogP contribution in [0.25, 0.3) is 0 Å².